The first-order chi connectivity index (χ1) is 8.12. The number of hydrogen-bond donors (Lipinski definition) is 2. The molecule has 2 atom stereocenters. The highest BCUT2D eigenvalue weighted by molar-refractivity contribution is 5.64. The zero-order valence-electron chi connectivity index (χ0n) is 10.1. The second-order valence-electron chi connectivity index (χ2n) is 5.01. The highest BCUT2D eigenvalue weighted by atomic mass is 16.3. The van der Waals surface area contributed by atoms with E-state index in [1.807, 2.05) is 30.3 Å². The number of rotatable bonds is 3. The summed E-state index contributed by atoms with van der Waals surface area (Å²) in [4.78, 5) is 0. The molecule has 0 bridgehead atoms. The van der Waals surface area contributed by atoms with Crippen molar-refractivity contribution in [2.24, 2.45) is 0 Å². The molecule has 0 radical (unpaired) electrons. The van der Waals surface area contributed by atoms with Gasteiger partial charge in [-0.3, -0.25) is 0 Å². The van der Waals surface area contributed by atoms with Crippen molar-refractivity contribution in [3.63, 3.8) is 0 Å². The minimum Gasteiger partial charge on any atom is -0.390 e. The Bertz CT molecular complexity index is 385. The molecule has 1 aliphatic carbocycles. The molecule has 0 aliphatic heterocycles. The van der Waals surface area contributed by atoms with Gasteiger partial charge in [-0.15, -0.1) is 0 Å². The van der Waals surface area contributed by atoms with Gasteiger partial charge in [-0.1, -0.05) is 49.8 Å². The third kappa shape index (κ3) is 2.76. The first kappa shape index (κ1) is 12.3. The molecule has 1 fully saturated rings. The van der Waals surface area contributed by atoms with Crippen molar-refractivity contribution in [3.8, 4) is 0 Å². The highest BCUT2D eigenvalue weighted by Crippen LogP contribution is 2.35. The van der Waals surface area contributed by atoms with E-state index in [1.54, 1.807) is 0 Å². The number of aliphatic hydroxyl groups excluding tert-OH is 1. The Morgan fingerprint density at radius 2 is 2.00 bits per heavy atom. The monoisotopic (exact) mass is 232 g/mol. The summed E-state index contributed by atoms with van der Waals surface area (Å²) < 4.78 is 0. The van der Waals surface area contributed by atoms with Gasteiger partial charge in [0.1, 0.15) is 0 Å². The normalized spacial score (nSPS) is 28.9. The van der Waals surface area contributed by atoms with Crippen LogP contribution in [0.2, 0.25) is 0 Å². The van der Waals surface area contributed by atoms with E-state index in [4.69, 9.17) is 0 Å². The lowest BCUT2D eigenvalue weighted by molar-refractivity contribution is -0.0957. The van der Waals surface area contributed by atoms with Gasteiger partial charge >= 0.3 is 0 Å². The maximum atomic E-state index is 10.5. The van der Waals surface area contributed by atoms with Gasteiger partial charge in [-0.05, 0) is 24.0 Å². The van der Waals surface area contributed by atoms with Gasteiger partial charge in [0, 0.05) is 6.42 Å². The van der Waals surface area contributed by atoms with E-state index in [9.17, 15) is 10.2 Å². The molecule has 1 aromatic rings. The molecule has 1 saturated carbocycles. The predicted molar refractivity (Wildman–Crippen MR) is 69.5 cm³/mol. The zero-order chi connectivity index (χ0) is 12.3. The van der Waals surface area contributed by atoms with E-state index < -0.39 is 11.7 Å². The molecule has 2 rings (SSSR count). The van der Waals surface area contributed by atoms with Gasteiger partial charge in [0.15, 0.2) is 0 Å². The lowest BCUT2D eigenvalue weighted by atomic mass is 9.77. The zero-order valence-corrected chi connectivity index (χ0v) is 10.1. The maximum absolute atomic E-state index is 10.5. The molecule has 92 valence electrons. The Morgan fingerprint density at radius 3 is 2.65 bits per heavy atom. The molecule has 2 heteroatoms. The van der Waals surface area contributed by atoms with Crippen LogP contribution in [-0.4, -0.2) is 21.9 Å². The second kappa shape index (κ2) is 5.03. The van der Waals surface area contributed by atoms with Crippen LogP contribution in [0.15, 0.2) is 36.9 Å². The van der Waals surface area contributed by atoms with Gasteiger partial charge in [0.25, 0.3) is 0 Å². The summed E-state index contributed by atoms with van der Waals surface area (Å²) in [6.45, 7) is 4.03. The third-order valence-electron chi connectivity index (χ3n) is 3.66. The Hall–Kier alpha value is -1.12. The smallest absolute Gasteiger partial charge is 0.0945 e. The topological polar surface area (TPSA) is 40.5 Å². The third-order valence-corrected chi connectivity index (χ3v) is 3.66. The van der Waals surface area contributed by atoms with Crippen LogP contribution in [0.5, 0.6) is 0 Å². The van der Waals surface area contributed by atoms with E-state index in [1.165, 1.54) is 0 Å². The van der Waals surface area contributed by atoms with Crippen LogP contribution < -0.4 is 0 Å². The predicted octanol–water partition coefficient (Wildman–Crippen LogP) is 2.76. The quantitative estimate of drug-likeness (QED) is 0.841. The molecule has 0 unspecified atom stereocenters. The van der Waals surface area contributed by atoms with Crippen molar-refractivity contribution >= 4 is 5.57 Å². The fraction of sp³-hybridized carbons (Fsp3) is 0.467. The molecule has 17 heavy (non-hydrogen) atoms. The van der Waals surface area contributed by atoms with Crippen LogP contribution in [-0.2, 0) is 0 Å². The van der Waals surface area contributed by atoms with Crippen LogP contribution in [0.1, 0.15) is 37.7 Å². The molecule has 2 N–H and O–H groups in total. The molecule has 0 spiro atoms. The van der Waals surface area contributed by atoms with Gasteiger partial charge in [0.2, 0.25) is 0 Å². The fourth-order valence-corrected chi connectivity index (χ4v) is 2.56. The van der Waals surface area contributed by atoms with Gasteiger partial charge < -0.3 is 10.2 Å². The standard InChI is InChI=1S/C15H20O2/c1-12(13-7-3-2-4-8-13)11-15(17)10-6-5-9-14(15)16/h2-4,7-8,14,16-17H,1,5-6,9-11H2/t14-,15+/m0/s1. The SMILES string of the molecule is C=C(C[C@]1(O)CCCC[C@@H]1O)c1ccccc1. The van der Waals surface area contributed by atoms with Crippen LogP contribution in [0.4, 0.5) is 0 Å². The minimum atomic E-state index is -0.981. The van der Waals surface area contributed by atoms with Gasteiger partial charge in [-0.25, -0.2) is 0 Å². The molecule has 0 amide bonds. The van der Waals surface area contributed by atoms with E-state index >= 15 is 0 Å². The summed E-state index contributed by atoms with van der Waals surface area (Å²) in [5.74, 6) is 0. The average Bonchev–Trinajstić information content (AvgIpc) is 2.34. The van der Waals surface area contributed by atoms with Crippen LogP contribution in [0.3, 0.4) is 0 Å². The summed E-state index contributed by atoms with van der Waals surface area (Å²) in [5.41, 5.74) is 0.957. The number of benzene rings is 1. The largest absolute Gasteiger partial charge is 0.390 e. The molecular weight excluding hydrogens is 212 g/mol. The fourth-order valence-electron chi connectivity index (χ4n) is 2.56. The summed E-state index contributed by atoms with van der Waals surface area (Å²) in [5, 5.41) is 20.4. The Labute approximate surface area is 103 Å². The van der Waals surface area contributed by atoms with Crippen molar-refractivity contribution in [3.05, 3.63) is 42.5 Å². The molecular formula is C15H20O2. The van der Waals surface area contributed by atoms with Crippen LogP contribution >= 0.6 is 0 Å². The molecule has 1 aliphatic rings. The van der Waals surface area contributed by atoms with Gasteiger partial charge in [-0.2, -0.15) is 0 Å². The molecule has 0 heterocycles. The number of aliphatic hydroxyl groups is 2. The van der Waals surface area contributed by atoms with E-state index in [0.717, 1.165) is 24.0 Å². The summed E-state index contributed by atoms with van der Waals surface area (Å²) in [7, 11) is 0. The summed E-state index contributed by atoms with van der Waals surface area (Å²) in [6.07, 6.45) is 3.19. The van der Waals surface area contributed by atoms with Crippen molar-refractivity contribution < 1.29 is 10.2 Å². The average molecular weight is 232 g/mol. The summed E-state index contributed by atoms with van der Waals surface area (Å²) >= 11 is 0. The van der Waals surface area contributed by atoms with Gasteiger partial charge in [0.05, 0.1) is 11.7 Å². The lowest BCUT2D eigenvalue weighted by Gasteiger charge is -2.37. The lowest BCUT2D eigenvalue weighted by Crippen LogP contribution is -2.44. The van der Waals surface area contributed by atoms with Crippen molar-refractivity contribution in [1.82, 2.24) is 0 Å². The summed E-state index contributed by atoms with van der Waals surface area (Å²) in [6, 6.07) is 9.85. The molecule has 2 nitrogen and oxygen atoms in total. The Balaban J connectivity index is 2.07. The Morgan fingerprint density at radius 1 is 1.29 bits per heavy atom. The maximum Gasteiger partial charge on any atom is 0.0945 e. The Kier molecular flexibility index (Phi) is 3.65. The van der Waals surface area contributed by atoms with Crippen molar-refractivity contribution in [1.29, 1.82) is 0 Å². The van der Waals surface area contributed by atoms with E-state index in [2.05, 4.69) is 6.58 Å². The molecule has 1 aromatic carbocycles. The molecule has 0 saturated heterocycles. The van der Waals surface area contributed by atoms with E-state index in [0.29, 0.717) is 19.3 Å². The van der Waals surface area contributed by atoms with Crippen molar-refractivity contribution in [2.75, 3.05) is 0 Å². The van der Waals surface area contributed by atoms with E-state index in [-0.39, 0.29) is 0 Å². The number of hydrogen-bond acceptors (Lipinski definition) is 2. The first-order valence-corrected chi connectivity index (χ1v) is 6.25. The van der Waals surface area contributed by atoms with Crippen LogP contribution in [0.25, 0.3) is 5.57 Å². The first-order valence-electron chi connectivity index (χ1n) is 6.25. The highest BCUT2D eigenvalue weighted by Gasteiger charge is 2.38. The molecule has 0 aromatic heterocycles. The van der Waals surface area contributed by atoms with Crippen LogP contribution in [0, 0.1) is 0 Å². The second-order valence-corrected chi connectivity index (χ2v) is 5.01. The minimum absolute atomic E-state index is 0.457. The van der Waals surface area contributed by atoms with Crippen molar-refractivity contribution in [2.45, 2.75) is 43.8 Å².